The molecule has 106 valence electrons. The SMILES string of the molecule is COC(C)CNS(=O)(=O)c1ccc(O)c([N+](=O)[O-])c1. The summed E-state index contributed by atoms with van der Waals surface area (Å²) in [4.78, 5) is 9.48. The summed E-state index contributed by atoms with van der Waals surface area (Å²) in [5.41, 5.74) is -0.664. The highest BCUT2D eigenvalue weighted by molar-refractivity contribution is 7.89. The van der Waals surface area contributed by atoms with Crippen LogP contribution in [0.2, 0.25) is 0 Å². The van der Waals surface area contributed by atoms with Crippen molar-refractivity contribution in [2.75, 3.05) is 13.7 Å². The second-order valence-electron chi connectivity index (χ2n) is 3.81. The van der Waals surface area contributed by atoms with Gasteiger partial charge in [0.2, 0.25) is 10.0 Å². The van der Waals surface area contributed by atoms with Crippen LogP contribution in [-0.4, -0.2) is 38.2 Å². The molecule has 19 heavy (non-hydrogen) atoms. The Labute approximate surface area is 110 Å². The van der Waals surface area contributed by atoms with E-state index in [4.69, 9.17) is 4.74 Å². The van der Waals surface area contributed by atoms with Gasteiger partial charge in [0, 0.05) is 19.7 Å². The number of sulfonamides is 1. The molecule has 0 saturated heterocycles. The maximum Gasteiger partial charge on any atom is 0.312 e. The maximum atomic E-state index is 11.9. The number of phenols is 1. The normalized spacial score (nSPS) is 13.2. The van der Waals surface area contributed by atoms with Crippen molar-refractivity contribution in [3.63, 3.8) is 0 Å². The first-order valence-electron chi connectivity index (χ1n) is 5.28. The van der Waals surface area contributed by atoms with Crippen molar-refractivity contribution >= 4 is 15.7 Å². The number of phenolic OH excluding ortho intramolecular Hbond substituents is 1. The van der Waals surface area contributed by atoms with Crippen LogP contribution in [0.5, 0.6) is 5.75 Å². The van der Waals surface area contributed by atoms with Gasteiger partial charge < -0.3 is 9.84 Å². The molecule has 0 aliphatic heterocycles. The Morgan fingerprint density at radius 3 is 2.68 bits per heavy atom. The van der Waals surface area contributed by atoms with Crippen molar-refractivity contribution < 1.29 is 23.2 Å². The van der Waals surface area contributed by atoms with Gasteiger partial charge >= 0.3 is 5.69 Å². The fourth-order valence-electron chi connectivity index (χ4n) is 1.21. The third-order valence-corrected chi connectivity index (χ3v) is 3.84. The van der Waals surface area contributed by atoms with Crippen molar-refractivity contribution in [1.82, 2.24) is 4.72 Å². The van der Waals surface area contributed by atoms with Crippen LogP contribution < -0.4 is 4.72 Å². The lowest BCUT2D eigenvalue weighted by Gasteiger charge is -2.11. The Balaban J connectivity index is 3.02. The second-order valence-corrected chi connectivity index (χ2v) is 5.57. The molecule has 0 aliphatic carbocycles. The van der Waals surface area contributed by atoms with Crippen molar-refractivity contribution in [3.05, 3.63) is 28.3 Å². The molecule has 0 bridgehead atoms. The van der Waals surface area contributed by atoms with Gasteiger partial charge in [-0.1, -0.05) is 0 Å². The van der Waals surface area contributed by atoms with E-state index in [1.165, 1.54) is 7.11 Å². The summed E-state index contributed by atoms with van der Waals surface area (Å²) < 4.78 is 30.9. The maximum absolute atomic E-state index is 11.9. The summed E-state index contributed by atoms with van der Waals surface area (Å²) in [7, 11) is -2.45. The fourth-order valence-corrected chi connectivity index (χ4v) is 2.35. The van der Waals surface area contributed by atoms with Gasteiger partial charge in [0.05, 0.1) is 15.9 Å². The minimum atomic E-state index is -3.88. The highest BCUT2D eigenvalue weighted by Gasteiger charge is 2.21. The van der Waals surface area contributed by atoms with Gasteiger partial charge in [0.15, 0.2) is 5.75 Å². The summed E-state index contributed by atoms with van der Waals surface area (Å²) in [5.74, 6) is -0.589. The predicted octanol–water partition coefficient (Wildman–Crippen LogP) is 0.614. The Hall–Kier alpha value is -1.71. The van der Waals surface area contributed by atoms with Crippen LogP contribution in [0.15, 0.2) is 23.1 Å². The number of nitrogens with zero attached hydrogens (tertiary/aromatic N) is 1. The third kappa shape index (κ3) is 3.88. The molecule has 0 fully saturated rings. The molecule has 9 heteroatoms. The predicted molar refractivity (Wildman–Crippen MR) is 66.4 cm³/mol. The molecule has 1 unspecified atom stereocenters. The summed E-state index contributed by atoms with van der Waals surface area (Å²) >= 11 is 0. The van der Waals surface area contributed by atoms with Crippen molar-refractivity contribution in [2.24, 2.45) is 0 Å². The van der Waals surface area contributed by atoms with Gasteiger partial charge in [-0.05, 0) is 19.1 Å². The molecule has 0 saturated carbocycles. The summed E-state index contributed by atoms with van der Waals surface area (Å²) in [6.45, 7) is 1.70. The van der Waals surface area contributed by atoms with E-state index in [2.05, 4.69) is 4.72 Å². The zero-order valence-electron chi connectivity index (χ0n) is 10.4. The number of nitro benzene ring substituents is 1. The molecule has 1 aromatic carbocycles. The van der Waals surface area contributed by atoms with Crippen LogP contribution in [0.25, 0.3) is 0 Å². The minimum absolute atomic E-state index is 0.0352. The number of nitrogens with one attached hydrogen (secondary N) is 1. The standard InChI is InChI=1S/C10H14N2O6S/c1-7(18-2)6-11-19(16,17)8-3-4-10(13)9(5-8)12(14)15/h3-5,7,11,13H,6H2,1-2H3. The van der Waals surface area contributed by atoms with Gasteiger partial charge in [-0.15, -0.1) is 0 Å². The van der Waals surface area contributed by atoms with Crippen LogP contribution in [0.4, 0.5) is 5.69 Å². The largest absolute Gasteiger partial charge is 0.502 e. The zero-order chi connectivity index (χ0) is 14.6. The number of rotatable bonds is 6. The smallest absolute Gasteiger partial charge is 0.312 e. The van der Waals surface area contributed by atoms with Crippen molar-refractivity contribution in [3.8, 4) is 5.75 Å². The molecule has 8 nitrogen and oxygen atoms in total. The lowest BCUT2D eigenvalue weighted by Crippen LogP contribution is -2.31. The topological polar surface area (TPSA) is 119 Å². The Morgan fingerprint density at radius 1 is 1.53 bits per heavy atom. The first kappa shape index (κ1) is 15.3. The summed E-state index contributed by atoms with van der Waals surface area (Å²) in [6, 6.07) is 2.85. The lowest BCUT2D eigenvalue weighted by molar-refractivity contribution is -0.386. The molecule has 0 aromatic heterocycles. The van der Waals surface area contributed by atoms with Gasteiger partial charge in [-0.25, -0.2) is 13.1 Å². The minimum Gasteiger partial charge on any atom is -0.502 e. The number of hydrogen-bond acceptors (Lipinski definition) is 6. The first-order chi connectivity index (χ1) is 8.77. The Bertz CT molecular complexity index is 571. The van der Waals surface area contributed by atoms with Crippen molar-refractivity contribution in [1.29, 1.82) is 0 Å². The molecule has 0 radical (unpaired) electrons. The summed E-state index contributed by atoms with van der Waals surface area (Å²) in [5, 5.41) is 19.9. The monoisotopic (exact) mass is 290 g/mol. The molecular weight excluding hydrogens is 276 g/mol. The average molecular weight is 290 g/mol. The molecule has 1 atom stereocenters. The fraction of sp³-hybridized carbons (Fsp3) is 0.400. The lowest BCUT2D eigenvalue weighted by atomic mass is 10.3. The van der Waals surface area contributed by atoms with E-state index in [9.17, 15) is 23.6 Å². The highest BCUT2D eigenvalue weighted by atomic mass is 32.2. The number of benzene rings is 1. The quantitative estimate of drug-likeness (QED) is 0.585. The van der Waals surface area contributed by atoms with Crippen molar-refractivity contribution in [2.45, 2.75) is 17.9 Å². The Kier molecular flexibility index (Phi) is 4.81. The molecule has 0 spiro atoms. The van der Waals surface area contributed by atoms with E-state index >= 15 is 0 Å². The van der Waals surface area contributed by atoms with Crippen LogP contribution >= 0.6 is 0 Å². The molecule has 1 rings (SSSR count). The van der Waals surface area contributed by atoms with E-state index in [-0.39, 0.29) is 17.5 Å². The van der Waals surface area contributed by atoms with E-state index in [1.54, 1.807) is 6.92 Å². The Morgan fingerprint density at radius 2 is 2.16 bits per heavy atom. The van der Waals surface area contributed by atoms with E-state index in [0.29, 0.717) is 0 Å². The van der Waals surface area contributed by atoms with Gasteiger partial charge in [-0.2, -0.15) is 0 Å². The van der Waals surface area contributed by atoms with Gasteiger partial charge in [-0.3, -0.25) is 10.1 Å². The van der Waals surface area contributed by atoms with Crippen LogP contribution in [0, 0.1) is 10.1 Å². The first-order valence-corrected chi connectivity index (χ1v) is 6.76. The molecule has 0 aliphatic rings. The molecule has 2 N–H and O–H groups in total. The average Bonchev–Trinajstić information content (AvgIpc) is 2.35. The second kappa shape index (κ2) is 5.95. The van der Waals surface area contributed by atoms with E-state index < -0.39 is 26.4 Å². The van der Waals surface area contributed by atoms with Gasteiger partial charge in [0.1, 0.15) is 0 Å². The molecule has 0 amide bonds. The molecular formula is C10H14N2O6S. The number of hydrogen-bond donors (Lipinski definition) is 2. The van der Waals surface area contributed by atoms with E-state index in [0.717, 1.165) is 18.2 Å². The van der Waals surface area contributed by atoms with Crippen LogP contribution in [0.1, 0.15) is 6.92 Å². The van der Waals surface area contributed by atoms with E-state index in [1.807, 2.05) is 0 Å². The molecule has 1 aromatic rings. The number of ether oxygens (including phenoxy) is 1. The highest BCUT2D eigenvalue weighted by Crippen LogP contribution is 2.28. The third-order valence-electron chi connectivity index (χ3n) is 2.42. The van der Waals surface area contributed by atoms with Crippen LogP contribution in [0.3, 0.4) is 0 Å². The number of nitro groups is 1. The zero-order valence-corrected chi connectivity index (χ0v) is 11.2. The van der Waals surface area contributed by atoms with Crippen LogP contribution in [-0.2, 0) is 14.8 Å². The summed E-state index contributed by atoms with van der Waals surface area (Å²) in [6.07, 6.45) is -0.332. The molecule has 0 heterocycles. The number of aromatic hydroxyl groups is 1. The van der Waals surface area contributed by atoms with Gasteiger partial charge in [0.25, 0.3) is 0 Å². The number of methoxy groups -OCH3 is 1.